The van der Waals surface area contributed by atoms with Crippen LogP contribution in [0.4, 0.5) is 0 Å². The van der Waals surface area contributed by atoms with Gasteiger partial charge in [-0.05, 0) is 50.2 Å². The number of carboxylic acids is 1. The number of hydrogen-bond acceptors (Lipinski definition) is 9. The molecule has 10 heteroatoms. The SMILES string of the molecule is COC(=O)c1ccc(OC)c(OCC(C)=O)c1.COc1ccc(C(=O)O)cc1OCC(C)=O. The third kappa shape index (κ3) is 8.90. The molecule has 0 heterocycles. The molecule has 0 fully saturated rings. The van der Waals surface area contributed by atoms with Gasteiger partial charge >= 0.3 is 11.9 Å². The molecule has 0 amide bonds. The van der Waals surface area contributed by atoms with Gasteiger partial charge in [0.2, 0.25) is 0 Å². The number of rotatable bonds is 10. The zero-order valence-electron chi connectivity index (χ0n) is 19.0. The Labute approximate surface area is 191 Å². The Morgan fingerprint density at radius 3 is 1.48 bits per heavy atom. The van der Waals surface area contributed by atoms with Gasteiger partial charge in [0.25, 0.3) is 0 Å². The Hall–Kier alpha value is -4.08. The highest BCUT2D eigenvalue weighted by molar-refractivity contribution is 5.90. The highest BCUT2D eigenvalue weighted by Gasteiger charge is 2.12. The van der Waals surface area contributed by atoms with Crippen molar-refractivity contribution in [3.63, 3.8) is 0 Å². The Bertz CT molecular complexity index is 997. The number of methoxy groups -OCH3 is 3. The van der Waals surface area contributed by atoms with E-state index in [1.165, 1.54) is 59.4 Å². The third-order valence-electron chi connectivity index (χ3n) is 3.86. The first kappa shape index (κ1) is 27.0. The van der Waals surface area contributed by atoms with E-state index in [-0.39, 0.29) is 36.1 Å². The van der Waals surface area contributed by atoms with E-state index in [0.717, 1.165) is 0 Å². The number of aromatic carboxylic acids is 1. The highest BCUT2D eigenvalue weighted by Crippen LogP contribution is 2.29. The zero-order chi connectivity index (χ0) is 25.0. The van der Waals surface area contributed by atoms with Gasteiger partial charge in [-0.1, -0.05) is 0 Å². The molecule has 2 rings (SSSR count). The second-order valence-corrected chi connectivity index (χ2v) is 6.51. The van der Waals surface area contributed by atoms with Crippen LogP contribution in [0.15, 0.2) is 36.4 Å². The molecule has 0 aliphatic rings. The van der Waals surface area contributed by atoms with Crippen molar-refractivity contribution in [1.82, 2.24) is 0 Å². The lowest BCUT2D eigenvalue weighted by Crippen LogP contribution is -2.08. The molecule has 0 unspecified atom stereocenters. The lowest BCUT2D eigenvalue weighted by Gasteiger charge is -2.10. The number of carboxylic acid groups (broad SMARTS) is 1. The van der Waals surface area contributed by atoms with E-state index in [4.69, 9.17) is 24.1 Å². The number of hydrogen-bond donors (Lipinski definition) is 1. The highest BCUT2D eigenvalue weighted by atomic mass is 16.5. The molecule has 0 saturated heterocycles. The number of ether oxygens (including phenoxy) is 5. The minimum Gasteiger partial charge on any atom is -0.493 e. The molecule has 0 aliphatic carbocycles. The fraction of sp³-hybridized carbons (Fsp3) is 0.304. The molecule has 1 N–H and O–H groups in total. The molecule has 0 saturated carbocycles. The number of benzene rings is 2. The van der Waals surface area contributed by atoms with Crippen molar-refractivity contribution in [2.75, 3.05) is 34.5 Å². The van der Waals surface area contributed by atoms with Crippen molar-refractivity contribution in [3.05, 3.63) is 47.5 Å². The van der Waals surface area contributed by atoms with Gasteiger partial charge in [-0.2, -0.15) is 0 Å². The maximum atomic E-state index is 11.3. The summed E-state index contributed by atoms with van der Waals surface area (Å²) in [6, 6.07) is 8.84. The van der Waals surface area contributed by atoms with Crippen LogP contribution in [-0.4, -0.2) is 63.2 Å². The van der Waals surface area contributed by atoms with E-state index < -0.39 is 11.9 Å². The topological polar surface area (TPSA) is 135 Å². The summed E-state index contributed by atoms with van der Waals surface area (Å²) in [5.74, 6) is -0.359. The van der Waals surface area contributed by atoms with E-state index in [1.54, 1.807) is 12.1 Å². The number of carbonyl (C=O) groups is 4. The van der Waals surface area contributed by atoms with Crippen molar-refractivity contribution < 1.29 is 48.0 Å². The molecule has 2 aromatic carbocycles. The average molecular weight is 462 g/mol. The largest absolute Gasteiger partial charge is 0.493 e. The first-order valence-electron chi connectivity index (χ1n) is 9.55. The smallest absolute Gasteiger partial charge is 0.337 e. The predicted octanol–water partition coefficient (Wildman–Crippen LogP) is 2.81. The predicted molar refractivity (Wildman–Crippen MR) is 117 cm³/mol. The Morgan fingerprint density at radius 1 is 0.697 bits per heavy atom. The summed E-state index contributed by atoms with van der Waals surface area (Å²) in [5.41, 5.74) is 0.422. The maximum absolute atomic E-state index is 11.3. The summed E-state index contributed by atoms with van der Waals surface area (Å²) in [6.07, 6.45) is 0. The van der Waals surface area contributed by atoms with E-state index in [2.05, 4.69) is 4.74 Å². The summed E-state index contributed by atoms with van der Waals surface area (Å²) in [6.45, 7) is 2.62. The van der Waals surface area contributed by atoms with E-state index >= 15 is 0 Å². The van der Waals surface area contributed by atoms with Crippen LogP contribution in [0.2, 0.25) is 0 Å². The summed E-state index contributed by atoms with van der Waals surface area (Å²) in [4.78, 5) is 43.6. The standard InChI is InChI=1S/C12H14O5.C11H12O5/c1-8(13)7-17-11-6-9(12(14)16-3)4-5-10(11)15-2;1-7(12)6-16-10-5-8(11(13)14)3-4-9(10)15-2/h4-6H,7H2,1-3H3;3-5H,6H2,1-2H3,(H,13,14). The molecule has 33 heavy (non-hydrogen) atoms. The summed E-state index contributed by atoms with van der Waals surface area (Å²) >= 11 is 0. The van der Waals surface area contributed by atoms with Gasteiger partial charge in [-0.25, -0.2) is 9.59 Å². The first-order chi connectivity index (χ1) is 15.6. The van der Waals surface area contributed by atoms with Crippen molar-refractivity contribution >= 4 is 23.5 Å². The lowest BCUT2D eigenvalue weighted by molar-refractivity contribution is -0.119. The number of esters is 1. The van der Waals surface area contributed by atoms with Crippen LogP contribution in [-0.2, 0) is 14.3 Å². The molecule has 0 aromatic heterocycles. The van der Waals surface area contributed by atoms with Crippen LogP contribution in [0, 0.1) is 0 Å². The van der Waals surface area contributed by atoms with Gasteiger partial charge in [0.15, 0.2) is 34.6 Å². The Kier molecular flexibility index (Phi) is 10.9. The molecular weight excluding hydrogens is 436 g/mol. The van der Waals surface area contributed by atoms with Gasteiger partial charge in [-0.15, -0.1) is 0 Å². The van der Waals surface area contributed by atoms with E-state index in [9.17, 15) is 19.2 Å². The van der Waals surface area contributed by atoms with Gasteiger partial charge in [0.05, 0.1) is 32.5 Å². The third-order valence-corrected chi connectivity index (χ3v) is 3.86. The van der Waals surface area contributed by atoms with Crippen LogP contribution < -0.4 is 18.9 Å². The van der Waals surface area contributed by atoms with Crippen LogP contribution in [0.1, 0.15) is 34.6 Å². The maximum Gasteiger partial charge on any atom is 0.337 e. The van der Waals surface area contributed by atoms with Crippen LogP contribution >= 0.6 is 0 Å². The van der Waals surface area contributed by atoms with E-state index in [1.807, 2.05) is 0 Å². The van der Waals surface area contributed by atoms with E-state index in [0.29, 0.717) is 22.8 Å². The molecule has 0 bridgehead atoms. The fourth-order valence-electron chi connectivity index (χ4n) is 2.32. The van der Waals surface area contributed by atoms with Gasteiger partial charge in [-0.3, -0.25) is 9.59 Å². The molecule has 0 aliphatic heterocycles. The van der Waals surface area contributed by atoms with Crippen LogP contribution in [0.5, 0.6) is 23.0 Å². The van der Waals surface area contributed by atoms with Crippen LogP contribution in [0.3, 0.4) is 0 Å². The van der Waals surface area contributed by atoms with Crippen molar-refractivity contribution in [3.8, 4) is 23.0 Å². The Morgan fingerprint density at radius 2 is 1.12 bits per heavy atom. The minimum absolute atomic E-state index is 0.0685. The number of Topliss-reactive ketones (excluding diaryl/α,β-unsaturated/α-hetero) is 2. The molecule has 10 nitrogen and oxygen atoms in total. The van der Waals surface area contributed by atoms with Gasteiger partial charge in [0.1, 0.15) is 13.2 Å². The normalized spacial score (nSPS) is 9.61. The zero-order valence-corrected chi connectivity index (χ0v) is 19.0. The van der Waals surface area contributed by atoms with Crippen LogP contribution in [0.25, 0.3) is 0 Å². The Balaban J connectivity index is 0.000000331. The molecule has 2 aromatic rings. The summed E-state index contributed by atoms with van der Waals surface area (Å²) in [7, 11) is 4.22. The summed E-state index contributed by atoms with van der Waals surface area (Å²) in [5, 5.41) is 8.79. The van der Waals surface area contributed by atoms with Crippen molar-refractivity contribution in [1.29, 1.82) is 0 Å². The number of ketones is 2. The molecule has 0 spiro atoms. The molecule has 0 radical (unpaired) electrons. The molecule has 178 valence electrons. The molecule has 0 atom stereocenters. The van der Waals surface area contributed by atoms with Gasteiger partial charge in [0, 0.05) is 0 Å². The average Bonchev–Trinajstić information content (AvgIpc) is 2.80. The van der Waals surface area contributed by atoms with Crippen molar-refractivity contribution in [2.24, 2.45) is 0 Å². The lowest BCUT2D eigenvalue weighted by atomic mass is 10.2. The van der Waals surface area contributed by atoms with Gasteiger partial charge < -0.3 is 28.8 Å². The summed E-state index contributed by atoms with van der Waals surface area (Å²) < 4.78 is 25.0. The fourth-order valence-corrected chi connectivity index (χ4v) is 2.32. The quantitative estimate of drug-likeness (QED) is 0.525. The minimum atomic E-state index is -1.06. The number of carbonyl (C=O) groups excluding carboxylic acids is 3. The molecular formula is C23H26O10. The van der Waals surface area contributed by atoms with Crippen molar-refractivity contribution in [2.45, 2.75) is 13.8 Å². The second kappa shape index (κ2) is 13.4. The second-order valence-electron chi connectivity index (χ2n) is 6.51. The first-order valence-corrected chi connectivity index (χ1v) is 9.55. The monoisotopic (exact) mass is 462 g/mol.